The van der Waals surface area contributed by atoms with E-state index in [2.05, 4.69) is 31.8 Å². The first-order valence-electron chi connectivity index (χ1n) is 8.32. The van der Waals surface area contributed by atoms with Gasteiger partial charge < -0.3 is 14.8 Å². The summed E-state index contributed by atoms with van der Waals surface area (Å²) in [7, 11) is 5.93. The molecule has 0 aliphatic heterocycles. The summed E-state index contributed by atoms with van der Waals surface area (Å²) < 4.78 is 3.78. The standard InChI is InChI=1S/C16H28N8S/c1-13-20-21-15(24(13)4)10-18-16(17-7-6-8-25-5)22(2)11-14-9-19-23(3)12-14/h9,12H,6-8,10-11H2,1-5H3,(H,17,18). The number of aliphatic imine (C=N–C) groups is 1. The summed E-state index contributed by atoms with van der Waals surface area (Å²) in [5.41, 5.74) is 1.15. The molecule has 2 aromatic heterocycles. The lowest BCUT2D eigenvalue weighted by Crippen LogP contribution is -2.39. The van der Waals surface area contributed by atoms with Crippen molar-refractivity contribution in [2.75, 3.05) is 25.6 Å². The SMILES string of the molecule is CSCCCNC(=NCc1nnc(C)n1C)N(C)Cc1cnn(C)c1. The highest BCUT2D eigenvalue weighted by atomic mass is 32.2. The highest BCUT2D eigenvalue weighted by Gasteiger charge is 2.10. The first-order chi connectivity index (χ1) is 12.0. The van der Waals surface area contributed by atoms with Crippen molar-refractivity contribution in [1.29, 1.82) is 0 Å². The van der Waals surface area contributed by atoms with E-state index >= 15 is 0 Å². The van der Waals surface area contributed by atoms with Crippen LogP contribution in [0.2, 0.25) is 0 Å². The number of thioether (sulfide) groups is 1. The molecule has 0 unspecified atom stereocenters. The molecular formula is C16H28N8S. The minimum atomic E-state index is 0.500. The smallest absolute Gasteiger partial charge is 0.194 e. The van der Waals surface area contributed by atoms with Crippen molar-refractivity contribution in [3.63, 3.8) is 0 Å². The van der Waals surface area contributed by atoms with Crippen LogP contribution < -0.4 is 5.32 Å². The van der Waals surface area contributed by atoms with Crippen molar-refractivity contribution >= 4 is 17.7 Å². The van der Waals surface area contributed by atoms with E-state index < -0.39 is 0 Å². The van der Waals surface area contributed by atoms with Crippen LogP contribution in [0.1, 0.15) is 23.6 Å². The van der Waals surface area contributed by atoms with Gasteiger partial charge >= 0.3 is 0 Å². The molecule has 9 heteroatoms. The summed E-state index contributed by atoms with van der Waals surface area (Å²) in [6, 6.07) is 0. The summed E-state index contributed by atoms with van der Waals surface area (Å²) in [6.45, 7) is 4.09. The number of hydrogen-bond acceptors (Lipinski definition) is 5. The van der Waals surface area contributed by atoms with Gasteiger partial charge in [-0.25, -0.2) is 4.99 Å². The van der Waals surface area contributed by atoms with E-state index in [1.54, 1.807) is 0 Å². The third-order valence-electron chi connectivity index (χ3n) is 3.90. The molecule has 0 aliphatic rings. The van der Waals surface area contributed by atoms with Gasteiger partial charge in [-0.15, -0.1) is 10.2 Å². The molecule has 0 spiro atoms. The molecule has 0 amide bonds. The Balaban J connectivity index is 2.04. The Bertz CT molecular complexity index is 690. The first-order valence-corrected chi connectivity index (χ1v) is 9.71. The maximum atomic E-state index is 4.74. The van der Waals surface area contributed by atoms with Gasteiger partial charge in [-0.05, 0) is 25.4 Å². The van der Waals surface area contributed by atoms with Gasteiger partial charge in [-0.1, -0.05) is 0 Å². The third kappa shape index (κ3) is 5.77. The summed E-state index contributed by atoms with van der Waals surface area (Å²) in [4.78, 5) is 6.85. The predicted octanol–water partition coefficient (Wildman–Crippen LogP) is 1.19. The van der Waals surface area contributed by atoms with Crippen molar-refractivity contribution in [2.24, 2.45) is 19.1 Å². The molecular weight excluding hydrogens is 336 g/mol. The van der Waals surface area contributed by atoms with Crippen LogP contribution in [0, 0.1) is 6.92 Å². The van der Waals surface area contributed by atoms with Crippen LogP contribution >= 0.6 is 11.8 Å². The van der Waals surface area contributed by atoms with Crippen LogP contribution in [-0.2, 0) is 27.2 Å². The van der Waals surface area contributed by atoms with Crippen molar-refractivity contribution < 1.29 is 0 Å². The Morgan fingerprint density at radius 3 is 2.76 bits per heavy atom. The molecule has 138 valence electrons. The number of aromatic nitrogens is 5. The second-order valence-corrected chi connectivity index (χ2v) is 7.00. The fourth-order valence-corrected chi connectivity index (χ4v) is 2.80. The monoisotopic (exact) mass is 364 g/mol. The number of guanidine groups is 1. The quantitative estimate of drug-likeness (QED) is 0.431. The van der Waals surface area contributed by atoms with Gasteiger partial charge in [0.2, 0.25) is 0 Å². The maximum Gasteiger partial charge on any atom is 0.194 e. The van der Waals surface area contributed by atoms with Crippen molar-refractivity contribution in [3.05, 3.63) is 29.6 Å². The molecule has 0 atom stereocenters. The first kappa shape index (κ1) is 19.3. The minimum absolute atomic E-state index is 0.500. The molecule has 0 aliphatic carbocycles. The van der Waals surface area contributed by atoms with Crippen molar-refractivity contribution in [3.8, 4) is 0 Å². The van der Waals surface area contributed by atoms with Crippen LogP contribution in [0.25, 0.3) is 0 Å². The van der Waals surface area contributed by atoms with E-state index in [-0.39, 0.29) is 0 Å². The van der Waals surface area contributed by atoms with Crippen molar-refractivity contribution in [2.45, 2.75) is 26.4 Å². The normalized spacial score (nSPS) is 11.8. The summed E-state index contributed by atoms with van der Waals surface area (Å²) >= 11 is 1.86. The topological polar surface area (TPSA) is 76.2 Å². The zero-order valence-electron chi connectivity index (χ0n) is 15.7. The highest BCUT2D eigenvalue weighted by Crippen LogP contribution is 2.04. The van der Waals surface area contributed by atoms with Crippen LogP contribution in [0.4, 0.5) is 0 Å². The van der Waals surface area contributed by atoms with E-state index in [1.165, 1.54) is 0 Å². The molecule has 0 saturated carbocycles. The molecule has 0 saturated heterocycles. The largest absolute Gasteiger partial charge is 0.356 e. The van der Waals surface area contributed by atoms with Gasteiger partial charge in [0.05, 0.1) is 6.20 Å². The van der Waals surface area contributed by atoms with E-state index in [9.17, 15) is 0 Å². The Hall–Kier alpha value is -2.03. The number of hydrogen-bond donors (Lipinski definition) is 1. The summed E-state index contributed by atoms with van der Waals surface area (Å²) in [5.74, 6) is 3.75. The summed E-state index contributed by atoms with van der Waals surface area (Å²) in [5, 5.41) is 16.0. The van der Waals surface area contributed by atoms with E-state index in [4.69, 9.17) is 4.99 Å². The summed E-state index contributed by atoms with van der Waals surface area (Å²) in [6.07, 6.45) is 7.13. The zero-order valence-corrected chi connectivity index (χ0v) is 16.5. The van der Waals surface area contributed by atoms with Crippen LogP contribution in [0.5, 0.6) is 0 Å². The van der Waals surface area contributed by atoms with E-state index in [0.29, 0.717) is 6.54 Å². The Morgan fingerprint density at radius 2 is 2.16 bits per heavy atom. The zero-order chi connectivity index (χ0) is 18.2. The van der Waals surface area contributed by atoms with Crippen molar-refractivity contribution in [1.82, 2.24) is 34.8 Å². The van der Waals surface area contributed by atoms with Gasteiger partial charge in [-0.2, -0.15) is 16.9 Å². The van der Waals surface area contributed by atoms with Crippen LogP contribution in [0.15, 0.2) is 17.4 Å². The fourth-order valence-electron chi connectivity index (χ4n) is 2.36. The Kier molecular flexibility index (Phi) is 7.30. The average molecular weight is 365 g/mol. The molecule has 0 radical (unpaired) electrons. The van der Waals surface area contributed by atoms with Gasteiger partial charge in [-0.3, -0.25) is 4.68 Å². The molecule has 25 heavy (non-hydrogen) atoms. The molecule has 2 rings (SSSR count). The van der Waals surface area contributed by atoms with E-state index in [1.807, 2.05) is 61.5 Å². The molecule has 0 fully saturated rings. The lowest BCUT2D eigenvalue weighted by Gasteiger charge is -2.22. The number of nitrogens with one attached hydrogen (secondary N) is 1. The molecule has 2 heterocycles. The molecule has 1 N–H and O–H groups in total. The van der Waals surface area contributed by atoms with Gasteiger partial charge in [0.25, 0.3) is 0 Å². The Labute approximate surface area is 153 Å². The second-order valence-electron chi connectivity index (χ2n) is 6.01. The number of aryl methyl sites for hydroxylation is 2. The third-order valence-corrected chi connectivity index (χ3v) is 4.60. The molecule has 8 nitrogen and oxygen atoms in total. The fraction of sp³-hybridized carbons (Fsp3) is 0.625. The molecule has 0 bridgehead atoms. The highest BCUT2D eigenvalue weighted by molar-refractivity contribution is 7.98. The van der Waals surface area contributed by atoms with Crippen LogP contribution in [-0.4, -0.2) is 61.0 Å². The predicted molar refractivity (Wildman–Crippen MR) is 103 cm³/mol. The number of rotatable bonds is 8. The lowest BCUT2D eigenvalue weighted by atomic mass is 10.3. The second kappa shape index (κ2) is 9.45. The lowest BCUT2D eigenvalue weighted by molar-refractivity contribution is 0.474. The molecule has 2 aromatic rings. The number of nitrogens with zero attached hydrogens (tertiary/aromatic N) is 7. The maximum absolute atomic E-state index is 4.74. The van der Waals surface area contributed by atoms with Gasteiger partial charge in [0.1, 0.15) is 12.4 Å². The average Bonchev–Trinajstić information content (AvgIpc) is 3.13. The molecule has 0 aromatic carbocycles. The Morgan fingerprint density at radius 1 is 1.36 bits per heavy atom. The van der Waals surface area contributed by atoms with Gasteiger partial charge in [0.15, 0.2) is 11.8 Å². The van der Waals surface area contributed by atoms with Crippen LogP contribution in [0.3, 0.4) is 0 Å². The van der Waals surface area contributed by atoms with Gasteiger partial charge in [0, 0.05) is 46.0 Å². The minimum Gasteiger partial charge on any atom is -0.356 e. The van der Waals surface area contributed by atoms with E-state index in [0.717, 1.165) is 48.4 Å².